The molecule has 2 aromatic carbocycles. The van der Waals surface area contributed by atoms with Gasteiger partial charge in [0.15, 0.2) is 5.69 Å². The number of benzene rings is 2. The summed E-state index contributed by atoms with van der Waals surface area (Å²) in [7, 11) is 0. The number of carbonyl (C=O) groups excluding carboxylic acids is 1. The summed E-state index contributed by atoms with van der Waals surface area (Å²) < 4.78 is 75.1. The third-order valence-corrected chi connectivity index (χ3v) is 8.25. The van der Waals surface area contributed by atoms with Crippen LogP contribution in [0.25, 0.3) is 11.1 Å². The van der Waals surface area contributed by atoms with Gasteiger partial charge in [-0.15, -0.1) is 0 Å². The molecule has 2 aliphatic heterocycles. The van der Waals surface area contributed by atoms with E-state index < -0.39 is 35.4 Å². The number of hydrogen-bond acceptors (Lipinski definition) is 6. The number of piperazine rings is 1. The van der Waals surface area contributed by atoms with E-state index in [1.165, 1.54) is 6.92 Å². The van der Waals surface area contributed by atoms with Crippen molar-refractivity contribution < 1.29 is 31.5 Å². The number of ether oxygens (including phenoxy) is 1. The number of alkyl halides is 5. The Morgan fingerprint density at radius 2 is 1.70 bits per heavy atom. The highest BCUT2D eigenvalue weighted by Crippen LogP contribution is 2.39. The number of nitrogens with zero attached hydrogens (tertiary/aromatic N) is 5. The van der Waals surface area contributed by atoms with E-state index in [0.29, 0.717) is 50.6 Å². The third kappa shape index (κ3) is 7.28. The number of aromatic nitrogens is 2. The number of rotatable bonds is 8. The fourth-order valence-corrected chi connectivity index (χ4v) is 6.24. The molecular formula is C31H35ClF5N5O2. The van der Waals surface area contributed by atoms with E-state index in [4.69, 9.17) is 16.3 Å². The van der Waals surface area contributed by atoms with Crippen LogP contribution in [-0.2, 0) is 10.9 Å². The topological polar surface area (TPSA) is 53.8 Å². The Morgan fingerprint density at radius 1 is 1.00 bits per heavy atom. The van der Waals surface area contributed by atoms with E-state index in [1.54, 1.807) is 11.0 Å². The number of halogens is 6. The number of anilines is 2. The molecule has 2 saturated heterocycles. The van der Waals surface area contributed by atoms with Gasteiger partial charge in [-0.05, 0) is 49.6 Å². The zero-order chi connectivity index (χ0) is 31.6. The van der Waals surface area contributed by atoms with E-state index in [2.05, 4.69) is 10.00 Å². The monoisotopic (exact) mass is 639 g/mol. The van der Waals surface area contributed by atoms with Crippen LogP contribution in [0, 0.1) is 0 Å². The summed E-state index contributed by atoms with van der Waals surface area (Å²) in [6.45, 7) is 5.40. The maximum absolute atomic E-state index is 14.2. The van der Waals surface area contributed by atoms with Crippen molar-refractivity contribution in [1.29, 1.82) is 0 Å². The van der Waals surface area contributed by atoms with Crippen LogP contribution in [-0.4, -0.2) is 79.0 Å². The highest BCUT2D eigenvalue weighted by Gasteiger charge is 2.42. The standard InChI is InChI=1S/C31H35ClF5N5O2/c1-3-44-29(43)26-18-38-42(28(26)31(35,36)37)24-5-4-12-41(19-24)27-17-22(32)8-11-25(27)21-6-9-23(10-7-21)40-15-13-39(14-16-40)20-30(2,33)34/h6-11,17-18,24H,3-5,12-16,19-20H2,1-2H3. The summed E-state index contributed by atoms with van der Waals surface area (Å²) >= 11 is 6.41. The number of esters is 1. The minimum Gasteiger partial charge on any atom is -0.462 e. The van der Waals surface area contributed by atoms with Gasteiger partial charge in [0.1, 0.15) is 5.56 Å². The van der Waals surface area contributed by atoms with Crippen molar-refractivity contribution in [3.8, 4) is 11.1 Å². The SMILES string of the molecule is CCOC(=O)c1cnn(C2CCCN(c3cc(Cl)ccc3-c3ccc(N4CCN(CC(C)(F)F)CC4)cc3)C2)c1C(F)(F)F. The first-order valence-corrected chi connectivity index (χ1v) is 15.0. The van der Waals surface area contributed by atoms with Gasteiger partial charge < -0.3 is 14.5 Å². The Balaban J connectivity index is 1.36. The van der Waals surface area contributed by atoms with Crippen LogP contribution in [0.5, 0.6) is 0 Å². The smallest absolute Gasteiger partial charge is 0.433 e. The minimum atomic E-state index is -4.79. The Bertz CT molecular complexity index is 1450. The van der Waals surface area contributed by atoms with Gasteiger partial charge in [-0.3, -0.25) is 9.58 Å². The molecule has 5 rings (SSSR count). The second-order valence-corrected chi connectivity index (χ2v) is 11.8. The summed E-state index contributed by atoms with van der Waals surface area (Å²) in [4.78, 5) is 18.2. The van der Waals surface area contributed by atoms with E-state index in [9.17, 15) is 26.7 Å². The van der Waals surface area contributed by atoms with Crippen LogP contribution in [0.4, 0.5) is 33.3 Å². The molecule has 2 aliphatic rings. The molecule has 1 unspecified atom stereocenters. The second kappa shape index (κ2) is 12.9. The maximum atomic E-state index is 14.2. The van der Waals surface area contributed by atoms with Crippen molar-refractivity contribution >= 4 is 28.9 Å². The molecule has 13 heteroatoms. The molecular weight excluding hydrogens is 605 g/mol. The van der Waals surface area contributed by atoms with Crippen LogP contribution < -0.4 is 9.80 Å². The average Bonchev–Trinajstić information content (AvgIpc) is 3.44. The first-order valence-electron chi connectivity index (χ1n) is 14.7. The molecule has 0 radical (unpaired) electrons. The van der Waals surface area contributed by atoms with Crippen molar-refractivity contribution in [2.75, 3.05) is 62.2 Å². The van der Waals surface area contributed by atoms with Crippen LogP contribution in [0.15, 0.2) is 48.7 Å². The van der Waals surface area contributed by atoms with Crippen molar-refractivity contribution in [1.82, 2.24) is 14.7 Å². The van der Waals surface area contributed by atoms with E-state index in [-0.39, 0.29) is 19.7 Å². The van der Waals surface area contributed by atoms with Gasteiger partial charge in [0, 0.05) is 68.2 Å². The van der Waals surface area contributed by atoms with Gasteiger partial charge in [0.2, 0.25) is 0 Å². The molecule has 0 bridgehead atoms. The molecule has 7 nitrogen and oxygen atoms in total. The molecule has 0 N–H and O–H groups in total. The third-order valence-electron chi connectivity index (χ3n) is 8.02. The van der Waals surface area contributed by atoms with Crippen LogP contribution in [0.2, 0.25) is 5.02 Å². The highest BCUT2D eigenvalue weighted by atomic mass is 35.5. The number of carbonyl (C=O) groups is 1. The lowest BCUT2D eigenvalue weighted by molar-refractivity contribution is -0.145. The van der Waals surface area contributed by atoms with Gasteiger partial charge in [-0.1, -0.05) is 29.8 Å². The molecule has 44 heavy (non-hydrogen) atoms. The van der Waals surface area contributed by atoms with Crippen LogP contribution in [0.1, 0.15) is 48.8 Å². The van der Waals surface area contributed by atoms with E-state index in [0.717, 1.165) is 40.3 Å². The summed E-state index contributed by atoms with van der Waals surface area (Å²) in [5.41, 5.74) is 1.86. The maximum Gasteiger partial charge on any atom is 0.433 e. The Hall–Kier alpha value is -3.38. The summed E-state index contributed by atoms with van der Waals surface area (Å²) in [5.74, 6) is -3.78. The van der Waals surface area contributed by atoms with Crippen molar-refractivity contribution in [3.63, 3.8) is 0 Å². The molecule has 3 aromatic rings. The minimum absolute atomic E-state index is 0.0475. The fourth-order valence-electron chi connectivity index (χ4n) is 6.07. The van der Waals surface area contributed by atoms with Gasteiger partial charge in [-0.2, -0.15) is 18.3 Å². The number of piperidine rings is 1. The van der Waals surface area contributed by atoms with Gasteiger partial charge >= 0.3 is 12.1 Å². The van der Waals surface area contributed by atoms with Gasteiger partial charge in [-0.25, -0.2) is 13.6 Å². The van der Waals surface area contributed by atoms with Gasteiger partial charge in [0.05, 0.1) is 25.4 Å². The van der Waals surface area contributed by atoms with E-state index >= 15 is 0 Å². The molecule has 0 spiro atoms. The molecule has 238 valence electrons. The average molecular weight is 640 g/mol. The molecule has 0 amide bonds. The Morgan fingerprint density at radius 3 is 2.34 bits per heavy atom. The number of hydrogen-bond donors (Lipinski definition) is 0. The van der Waals surface area contributed by atoms with Gasteiger partial charge in [0.25, 0.3) is 5.92 Å². The molecule has 0 saturated carbocycles. The zero-order valence-corrected chi connectivity index (χ0v) is 25.3. The van der Waals surface area contributed by atoms with Crippen LogP contribution in [0.3, 0.4) is 0 Å². The molecule has 1 atom stereocenters. The normalized spacial score (nSPS) is 18.5. The van der Waals surface area contributed by atoms with Crippen LogP contribution >= 0.6 is 11.6 Å². The molecule has 0 aliphatic carbocycles. The summed E-state index contributed by atoms with van der Waals surface area (Å²) in [6, 6.07) is 12.8. The lowest BCUT2D eigenvalue weighted by Crippen LogP contribution is -2.49. The Kier molecular flexibility index (Phi) is 9.41. The molecule has 3 heterocycles. The molecule has 1 aromatic heterocycles. The predicted octanol–water partition coefficient (Wildman–Crippen LogP) is 7.02. The van der Waals surface area contributed by atoms with Crippen molar-refractivity contribution in [2.24, 2.45) is 0 Å². The highest BCUT2D eigenvalue weighted by molar-refractivity contribution is 6.31. The first-order chi connectivity index (χ1) is 20.8. The largest absolute Gasteiger partial charge is 0.462 e. The Labute approximate surface area is 258 Å². The predicted molar refractivity (Wildman–Crippen MR) is 160 cm³/mol. The zero-order valence-electron chi connectivity index (χ0n) is 24.6. The second-order valence-electron chi connectivity index (χ2n) is 11.4. The van der Waals surface area contributed by atoms with E-state index in [1.807, 2.05) is 41.3 Å². The van der Waals surface area contributed by atoms with Crippen molar-refractivity contribution in [2.45, 2.75) is 44.8 Å². The van der Waals surface area contributed by atoms with Crippen molar-refractivity contribution in [3.05, 3.63) is 64.9 Å². The lowest BCUT2D eigenvalue weighted by atomic mass is 9.99. The lowest BCUT2D eigenvalue weighted by Gasteiger charge is -2.37. The molecule has 2 fully saturated rings. The summed E-state index contributed by atoms with van der Waals surface area (Å²) in [6.07, 6.45) is -2.79. The summed E-state index contributed by atoms with van der Waals surface area (Å²) in [5, 5.41) is 4.51. The first kappa shape index (κ1) is 32.0. The fraction of sp³-hybridized carbons (Fsp3) is 0.484. The quantitative estimate of drug-likeness (QED) is 0.195.